The molecule has 2 aromatic rings. The second-order valence-electron chi connectivity index (χ2n) is 8.46. The SMILES string of the molecule is CC(C)(C)c1ccc(C(=O)NCCCc2cc(C(=N)N)ccc2O)c(OC(=O)C(F)(F)F)c1. The second kappa shape index (κ2) is 9.93. The van der Waals surface area contributed by atoms with E-state index in [1.54, 1.807) is 12.1 Å². The number of benzene rings is 2. The number of phenols is 1. The van der Waals surface area contributed by atoms with E-state index in [-0.39, 0.29) is 23.7 Å². The van der Waals surface area contributed by atoms with Crippen LogP contribution in [0.3, 0.4) is 0 Å². The minimum absolute atomic E-state index is 0.0189. The molecule has 33 heavy (non-hydrogen) atoms. The van der Waals surface area contributed by atoms with Crippen LogP contribution in [0.25, 0.3) is 0 Å². The van der Waals surface area contributed by atoms with Gasteiger partial charge in [0.25, 0.3) is 5.91 Å². The Balaban J connectivity index is 2.13. The van der Waals surface area contributed by atoms with Crippen LogP contribution in [0.2, 0.25) is 0 Å². The molecule has 1 amide bonds. The van der Waals surface area contributed by atoms with Crippen LogP contribution in [0.5, 0.6) is 11.5 Å². The van der Waals surface area contributed by atoms with Gasteiger partial charge in [-0.2, -0.15) is 13.2 Å². The number of esters is 1. The molecule has 0 aliphatic carbocycles. The molecule has 0 spiro atoms. The number of alkyl halides is 3. The number of hydrogen-bond donors (Lipinski definition) is 4. The molecule has 178 valence electrons. The summed E-state index contributed by atoms with van der Waals surface area (Å²) in [4.78, 5) is 24.0. The van der Waals surface area contributed by atoms with Gasteiger partial charge in [0.2, 0.25) is 0 Å². The number of amides is 1. The van der Waals surface area contributed by atoms with Gasteiger partial charge < -0.3 is 20.9 Å². The highest BCUT2D eigenvalue weighted by Gasteiger charge is 2.42. The number of aryl methyl sites for hydroxylation is 1. The lowest BCUT2D eigenvalue weighted by molar-refractivity contribution is -0.189. The maximum absolute atomic E-state index is 12.7. The number of phenolic OH excluding ortho intramolecular Hbond substituents is 1. The van der Waals surface area contributed by atoms with Gasteiger partial charge in [0.1, 0.15) is 17.3 Å². The Morgan fingerprint density at radius 2 is 1.79 bits per heavy atom. The molecule has 0 bridgehead atoms. The Labute approximate surface area is 189 Å². The zero-order valence-corrected chi connectivity index (χ0v) is 18.5. The van der Waals surface area contributed by atoms with E-state index in [2.05, 4.69) is 10.1 Å². The van der Waals surface area contributed by atoms with Gasteiger partial charge in [-0.3, -0.25) is 10.2 Å². The Morgan fingerprint density at radius 3 is 2.36 bits per heavy atom. The van der Waals surface area contributed by atoms with Crippen molar-refractivity contribution in [2.24, 2.45) is 5.73 Å². The molecule has 0 aromatic heterocycles. The fourth-order valence-corrected chi connectivity index (χ4v) is 2.95. The van der Waals surface area contributed by atoms with Gasteiger partial charge >= 0.3 is 12.1 Å². The normalized spacial score (nSPS) is 11.7. The number of rotatable bonds is 7. The molecule has 2 aromatic carbocycles. The van der Waals surface area contributed by atoms with Crippen molar-refractivity contribution in [3.63, 3.8) is 0 Å². The van der Waals surface area contributed by atoms with Gasteiger partial charge in [-0.15, -0.1) is 0 Å². The van der Waals surface area contributed by atoms with E-state index in [0.717, 1.165) is 0 Å². The molecule has 0 saturated carbocycles. The van der Waals surface area contributed by atoms with Crippen LogP contribution in [0, 0.1) is 5.41 Å². The van der Waals surface area contributed by atoms with Crippen LogP contribution in [0.4, 0.5) is 13.2 Å². The molecule has 0 radical (unpaired) electrons. The lowest BCUT2D eigenvalue weighted by Gasteiger charge is -2.21. The van der Waals surface area contributed by atoms with Crippen LogP contribution in [-0.4, -0.2) is 35.5 Å². The van der Waals surface area contributed by atoms with E-state index in [4.69, 9.17) is 11.1 Å². The maximum Gasteiger partial charge on any atom is 0.491 e. The number of carbonyl (C=O) groups excluding carboxylic acids is 2. The first-order chi connectivity index (χ1) is 15.2. The average Bonchev–Trinajstić information content (AvgIpc) is 2.70. The lowest BCUT2D eigenvalue weighted by Crippen LogP contribution is -2.30. The molecule has 0 unspecified atom stereocenters. The summed E-state index contributed by atoms with van der Waals surface area (Å²) < 4.78 is 42.6. The first-order valence-corrected chi connectivity index (χ1v) is 10.1. The summed E-state index contributed by atoms with van der Waals surface area (Å²) in [5.41, 5.74) is 6.35. The first kappa shape index (κ1) is 25.7. The van der Waals surface area contributed by atoms with Gasteiger partial charge in [-0.05, 0) is 59.7 Å². The van der Waals surface area contributed by atoms with Gasteiger partial charge in [0.15, 0.2) is 0 Å². The van der Waals surface area contributed by atoms with Crippen molar-refractivity contribution in [2.75, 3.05) is 6.54 Å². The minimum atomic E-state index is -5.21. The van der Waals surface area contributed by atoms with Crippen LogP contribution in [0.1, 0.15) is 54.2 Å². The number of aromatic hydroxyl groups is 1. The average molecular weight is 465 g/mol. The second-order valence-corrected chi connectivity index (χ2v) is 8.46. The predicted molar refractivity (Wildman–Crippen MR) is 117 cm³/mol. The van der Waals surface area contributed by atoms with Crippen molar-refractivity contribution in [2.45, 2.75) is 45.2 Å². The van der Waals surface area contributed by atoms with E-state index in [0.29, 0.717) is 29.5 Å². The van der Waals surface area contributed by atoms with Crippen LogP contribution >= 0.6 is 0 Å². The summed E-state index contributed by atoms with van der Waals surface area (Å²) in [6.45, 7) is 5.62. The van der Waals surface area contributed by atoms with E-state index in [1.807, 2.05) is 20.8 Å². The van der Waals surface area contributed by atoms with E-state index in [9.17, 15) is 27.9 Å². The lowest BCUT2D eigenvalue weighted by atomic mass is 9.86. The molecule has 0 fully saturated rings. The molecule has 10 heteroatoms. The third-order valence-electron chi connectivity index (χ3n) is 4.83. The number of amidine groups is 1. The summed E-state index contributed by atoms with van der Waals surface area (Å²) in [6, 6.07) is 8.65. The number of hydrogen-bond acceptors (Lipinski definition) is 5. The van der Waals surface area contributed by atoms with Gasteiger partial charge in [-0.1, -0.05) is 26.8 Å². The molecular formula is C23H26F3N3O4. The maximum atomic E-state index is 12.7. The Morgan fingerprint density at radius 1 is 1.12 bits per heavy atom. The number of nitrogen functional groups attached to an aromatic ring is 1. The monoisotopic (exact) mass is 465 g/mol. The van der Waals surface area contributed by atoms with Gasteiger partial charge in [-0.25, -0.2) is 4.79 Å². The topological polar surface area (TPSA) is 126 Å². The van der Waals surface area contributed by atoms with Crippen molar-refractivity contribution in [1.82, 2.24) is 5.32 Å². The summed E-state index contributed by atoms with van der Waals surface area (Å²) >= 11 is 0. The van der Waals surface area contributed by atoms with Gasteiger partial charge in [0.05, 0.1) is 5.56 Å². The highest BCUT2D eigenvalue weighted by molar-refractivity contribution is 5.98. The van der Waals surface area contributed by atoms with E-state index < -0.39 is 29.2 Å². The molecular weight excluding hydrogens is 439 g/mol. The predicted octanol–water partition coefficient (Wildman–Crippen LogP) is 3.80. The highest BCUT2D eigenvalue weighted by Crippen LogP contribution is 2.30. The standard InChI is InChI=1S/C23H26F3N3O4/c1-22(2,3)15-7-8-16(18(12-15)33-21(32)23(24,25)26)20(31)29-10-4-5-13-11-14(19(27)28)6-9-17(13)30/h6-9,11-12,30H,4-5,10H2,1-3H3,(H3,27,28)(H,29,31). The van der Waals surface area contributed by atoms with Crippen molar-refractivity contribution in [1.29, 1.82) is 5.41 Å². The summed E-state index contributed by atoms with van der Waals surface area (Å²) in [6.07, 6.45) is -4.47. The minimum Gasteiger partial charge on any atom is -0.508 e. The zero-order chi connectivity index (χ0) is 25.0. The highest BCUT2D eigenvalue weighted by atomic mass is 19.4. The Hall–Kier alpha value is -3.56. The number of nitrogens with one attached hydrogen (secondary N) is 2. The summed E-state index contributed by atoms with van der Waals surface area (Å²) in [5, 5.41) is 20.0. The number of ether oxygens (including phenoxy) is 1. The van der Waals surface area contributed by atoms with Crippen molar-refractivity contribution in [3.05, 3.63) is 58.7 Å². The van der Waals surface area contributed by atoms with Crippen molar-refractivity contribution < 1.29 is 32.6 Å². The molecule has 2 rings (SSSR count). The Bertz CT molecular complexity index is 1060. The molecule has 0 aliphatic rings. The zero-order valence-electron chi connectivity index (χ0n) is 18.5. The fraction of sp³-hybridized carbons (Fsp3) is 0.348. The van der Waals surface area contributed by atoms with Crippen LogP contribution < -0.4 is 15.8 Å². The first-order valence-electron chi connectivity index (χ1n) is 10.1. The fourth-order valence-electron chi connectivity index (χ4n) is 2.95. The Kier molecular flexibility index (Phi) is 7.73. The molecule has 0 aliphatic heterocycles. The molecule has 0 atom stereocenters. The summed E-state index contributed by atoms with van der Waals surface area (Å²) in [5.74, 6) is -3.73. The van der Waals surface area contributed by atoms with Crippen molar-refractivity contribution in [3.8, 4) is 11.5 Å². The molecule has 0 saturated heterocycles. The third-order valence-corrected chi connectivity index (χ3v) is 4.83. The molecule has 5 N–H and O–H groups in total. The largest absolute Gasteiger partial charge is 0.508 e. The number of halogens is 3. The summed E-state index contributed by atoms with van der Waals surface area (Å²) in [7, 11) is 0. The van der Waals surface area contributed by atoms with Gasteiger partial charge in [0, 0.05) is 12.1 Å². The third kappa shape index (κ3) is 6.96. The molecule has 7 nitrogen and oxygen atoms in total. The number of carbonyl (C=O) groups is 2. The van der Waals surface area contributed by atoms with Crippen molar-refractivity contribution >= 4 is 17.7 Å². The smallest absolute Gasteiger partial charge is 0.491 e. The van der Waals surface area contributed by atoms with Crippen LogP contribution in [0.15, 0.2) is 36.4 Å². The number of nitrogens with two attached hydrogens (primary N) is 1. The quantitative estimate of drug-likeness (QED) is 0.163. The van der Waals surface area contributed by atoms with Crippen LogP contribution in [-0.2, 0) is 16.6 Å². The van der Waals surface area contributed by atoms with E-state index in [1.165, 1.54) is 24.3 Å². The van der Waals surface area contributed by atoms with E-state index >= 15 is 0 Å². The molecule has 0 heterocycles.